The number of hydrogen-bond acceptors (Lipinski definition) is 3. The first-order valence-corrected chi connectivity index (χ1v) is 6.87. The molecule has 0 bridgehead atoms. The van der Waals surface area contributed by atoms with Crippen LogP contribution >= 0.6 is 0 Å². The molecule has 1 atom stereocenters. The highest BCUT2D eigenvalue weighted by molar-refractivity contribution is 5.01. The average molecular weight is 253 g/mol. The molecule has 0 saturated heterocycles. The van der Waals surface area contributed by atoms with Gasteiger partial charge < -0.3 is 10.4 Å². The number of aliphatic hydroxyl groups is 1. The van der Waals surface area contributed by atoms with Crippen molar-refractivity contribution in [1.82, 2.24) is 15.1 Å². The van der Waals surface area contributed by atoms with Crippen LogP contribution in [0.2, 0.25) is 0 Å². The zero-order valence-electron chi connectivity index (χ0n) is 12.3. The van der Waals surface area contributed by atoms with Gasteiger partial charge in [0.1, 0.15) is 0 Å². The molecule has 2 N–H and O–H groups in total. The van der Waals surface area contributed by atoms with Gasteiger partial charge in [-0.2, -0.15) is 5.10 Å². The average Bonchev–Trinajstić information content (AvgIpc) is 2.77. The van der Waals surface area contributed by atoms with Gasteiger partial charge in [0.2, 0.25) is 0 Å². The standard InChI is InChI=1S/C14H27N3O/c1-6-13(7-2)17-9-8-12(16-17)10-15-14(4,5)11(3)18/h8-9,11,13,15,18H,6-7,10H2,1-5H3. The second kappa shape index (κ2) is 6.34. The van der Waals surface area contributed by atoms with E-state index in [9.17, 15) is 5.11 Å². The molecule has 1 heterocycles. The lowest BCUT2D eigenvalue weighted by Gasteiger charge is -2.29. The van der Waals surface area contributed by atoms with Crippen LogP contribution in [0.25, 0.3) is 0 Å². The van der Waals surface area contributed by atoms with Gasteiger partial charge in [-0.15, -0.1) is 0 Å². The Morgan fingerprint density at radius 1 is 1.39 bits per heavy atom. The van der Waals surface area contributed by atoms with Gasteiger partial charge in [0, 0.05) is 18.3 Å². The second-order valence-electron chi connectivity index (χ2n) is 5.51. The summed E-state index contributed by atoms with van der Waals surface area (Å²) in [5.74, 6) is 0. The van der Waals surface area contributed by atoms with E-state index in [0.717, 1.165) is 18.5 Å². The molecule has 0 amide bonds. The molecule has 0 aliphatic rings. The number of nitrogens with zero attached hydrogens (tertiary/aromatic N) is 2. The van der Waals surface area contributed by atoms with Gasteiger partial charge in [0.05, 0.1) is 17.8 Å². The summed E-state index contributed by atoms with van der Waals surface area (Å²) in [6, 6.07) is 2.53. The number of nitrogens with one attached hydrogen (secondary N) is 1. The van der Waals surface area contributed by atoms with Gasteiger partial charge in [-0.05, 0) is 39.7 Å². The minimum Gasteiger partial charge on any atom is -0.392 e. The summed E-state index contributed by atoms with van der Waals surface area (Å²) < 4.78 is 2.05. The van der Waals surface area contributed by atoms with E-state index in [1.807, 2.05) is 30.8 Å². The Kier molecular flexibility index (Phi) is 5.35. The minimum atomic E-state index is -0.390. The summed E-state index contributed by atoms with van der Waals surface area (Å²) in [5.41, 5.74) is 0.731. The smallest absolute Gasteiger partial charge is 0.0762 e. The largest absolute Gasteiger partial charge is 0.392 e. The number of rotatable bonds is 7. The molecule has 0 spiro atoms. The summed E-state index contributed by atoms with van der Waals surface area (Å²) in [6.07, 6.45) is 3.86. The molecule has 4 heteroatoms. The molecule has 0 aromatic carbocycles. The fourth-order valence-corrected chi connectivity index (χ4v) is 1.80. The summed E-state index contributed by atoms with van der Waals surface area (Å²) in [5, 5.41) is 17.6. The summed E-state index contributed by atoms with van der Waals surface area (Å²) in [4.78, 5) is 0. The Morgan fingerprint density at radius 3 is 2.50 bits per heavy atom. The molecular formula is C14H27N3O. The molecule has 0 radical (unpaired) electrons. The van der Waals surface area contributed by atoms with Crippen LogP contribution in [0.1, 0.15) is 59.2 Å². The van der Waals surface area contributed by atoms with Crippen molar-refractivity contribution in [1.29, 1.82) is 0 Å². The van der Waals surface area contributed by atoms with Crippen LogP contribution in [0.4, 0.5) is 0 Å². The summed E-state index contributed by atoms with van der Waals surface area (Å²) in [7, 11) is 0. The summed E-state index contributed by atoms with van der Waals surface area (Å²) in [6.45, 7) is 10.8. The lowest BCUT2D eigenvalue weighted by Crippen LogP contribution is -2.47. The van der Waals surface area contributed by atoms with Crippen LogP contribution in [0.15, 0.2) is 12.3 Å². The first kappa shape index (κ1) is 15.2. The molecule has 1 unspecified atom stereocenters. The monoisotopic (exact) mass is 253 g/mol. The third kappa shape index (κ3) is 3.82. The van der Waals surface area contributed by atoms with Gasteiger partial charge in [0.15, 0.2) is 0 Å². The zero-order valence-corrected chi connectivity index (χ0v) is 12.3. The predicted octanol–water partition coefficient (Wildman–Crippen LogP) is 2.49. The third-order valence-electron chi connectivity index (χ3n) is 3.75. The molecule has 0 saturated carbocycles. The van der Waals surface area contributed by atoms with Crippen LogP contribution in [0, 0.1) is 0 Å². The van der Waals surface area contributed by atoms with Crippen molar-refractivity contribution >= 4 is 0 Å². The maximum Gasteiger partial charge on any atom is 0.0762 e. The lowest BCUT2D eigenvalue weighted by atomic mass is 9.99. The Bertz CT molecular complexity index is 354. The van der Waals surface area contributed by atoms with Crippen molar-refractivity contribution in [2.45, 2.75) is 71.7 Å². The van der Waals surface area contributed by atoms with E-state index in [0.29, 0.717) is 12.6 Å². The Labute approximate surface area is 110 Å². The zero-order chi connectivity index (χ0) is 13.8. The Morgan fingerprint density at radius 2 is 2.00 bits per heavy atom. The van der Waals surface area contributed by atoms with E-state index in [-0.39, 0.29) is 5.54 Å². The van der Waals surface area contributed by atoms with Gasteiger partial charge >= 0.3 is 0 Å². The Hall–Kier alpha value is -0.870. The van der Waals surface area contributed by atoms with Gasteiger partial charge in [-0.1, -0.05) is 13.8 Å². The minimum absolute atomic E-state index is 0.293. The normalized spacial score (nSPS) is 14.2. The number of aliphatic hydroxyl groups excluding tert-OH is 1. The molecule has 104 valence electrons. The van der Waals surface area contributed by atoms with E-state index in [1.165, 1.54) is 0 Å². The fourth-order valence-electron chi connectivity index (χ4n) is 1.80. The van der Waals surface area contributed by atoms with Crippen LogP contribution in [-0.2, 0) is 6.54 Å². The van der Waals surface area contributed by atoms with E-state index in [4.69, 9.17) is 0 Å². The molecule has 0 aliphatic carbocycles. The van der Waals surface area contributed by atoms with Crippen molar-refractivity contribution in [3.8, 4) is 0 Å². The van der Waals surface area contributed by atoms with Gasteiger partial charge in [-0.3, -0.25) is 4.68 Å². The SMILES string of the molecule is CCC(CC)n1ccc(CNC(C)(C)C(C)O)n1. The molecule has 0 aliphatic heterocycles. The Balaban J connectivity index is 2.59. The maximum absolute atomic E-state index is 9.64. The first-order valence-electron chi connectivity index (χ1n) is 6.87. The highest BCUT2D eigenvalue weighted by Gasteiger charge is 2.23. The molecule has 0 fully saturated rings. The molecule has 18 heavy (non-hydrogen) atoms. The van der Waals surface area contributed by atoms with E-state index in [1.54, 1.807) is 6.92 Å². The van der Waals surface area contributed by atoms with Crippen LogP contribution in [0.5, 0.6) is 0 Å². The molecule has 1 aromatic rings. The van der Waals surface area contributed by atoms with Gasteiger partial charge in [-0.25, -0.2) is 0 Å². The van der Waals surface area contributed by atoms with Crippen LogP contribution < -0.4 is 5.32 Å². The fraction of sp³-hybridized carbons (Fsp3) is 0.786. The van der Waals surface area contributed by atoms with Crippen LogP contribution in [-0.4, -0.2) is 26.5 Å². The molecule has 4 nitrogen and oxygen atoms in total. The van der Waals surface area contributed by atoms with Crippen molar-refractivity contribution in [3.63, 3.8) is 0 Å². The summed E-state index contributed by atoms with van der Waals surface area (Å²) >= 11 is 0. The first-order chi connectivity index (χ1) is 8.40. The predicted molar refractivity (Wildman–Crippen MR) is 74.4 cm³/mol. The highest BCUT2D eigenvalue weighted by Crippen LogP contribution is 2.15. The number of hydrogen-bond donors (Lipinski definition) is 2. The maximum atomic E-state index is 9.64. The quantitative estimate of drug-likeness (QED) is 0.785. The number of aromatic nitrogens is 2. The molecule has 1 aromatic heterocycles. The molecule has 1 rings (SSSR count). The highest BCUT2D eigenvalue weighted by atomic mass is 16.3. The van der Waals surface area contributed by atoms with E-state index < -0.39 is 6.10 Å². The van der Waals surface area contributed by atoms with Crippen molar-refractivity contribution in [3.05, 3.63) is 18.0 Å². The van der Waals surface area contributed by atoms with E-state index in [2.05, 4.69) is 24.3 Å². The lowest BCUT2D eigenvalue weighted by molar-refractivity contribution is 0.0953. The van der Waals surface area contributed by atoms with Gasteiger partial charge in [0.25, 0.3) is 0 Å². The molecular weight excluding hydrogens is 226 g/mol. The van der Waals surface area contributed by atoms with E-state index >= 15 is 0 Å². The van der Waals surface area contributed by atoms with Crippen LogP contribution in [0.3, 0.4) is 0 Å². The topological polar surface area (TPSA) is 50.1 Å². The second-order valence-corrected chi connectivity index (χ2v) is 5.51. The van der Waals surface area contributed by atoms with Crippen molar-refractivity contribution < 1.29 is 5.11 Å². The van der Waals surface area contributed by atoms with Crippen molar-refractivity contribution in [2.75, 3.05) is 0 Å². The van der Waals surface area contributed by atoms with Crippen molar-refractivity contribution in [2.24, 2.45) is 0 Å². The third-order valence-corrected chi connectivity index (χ3v) is 3.75.